The van der Waals surface area contributed by atoms with Gasteiger partial charge in [0.15, 0.2) is 5.11 Å². The number of thiocarbonyl (C=S) groups is 1. The van der Waals surface area contributed by atoms with E-state index in [9.17, 15) is 4.79 Å². The second-order valence-electron chi connectivity index (χ2n) is 9.61. The Bertz CT molecular complexity index is 1250. The van der Waals surface area contributed by atoms with Gasteiger partial charge in [0, 0.05) is 48.5 Å². The molecule has 1 aliphatic heterocycles. The number of nitrogens with zero attached hydrogens (tertiary/aromatic N) is 3. The zero-order valence-electron chi connectivity index (χ0n) is 21.8. The summed E-state index contributed by atoms with van der Waals surface area (Å²) in [6.07, 6.45) is 1.82. The lowest BCUT2D eigenvalue weighted by atomic mass is 9.96. The maximum absolute atomic E-state index is 12.3. The number of anilines is 2. The molecule has 3 heterocycles. The molecular formula is C28H35N5O2S. The molecule has 0 aliphatic carbocycles. The molecule has 1 aliphatic rings. The number of carbonyl (C=O) groups excluding carboxylic acids is 1. The van der Waals surface area contributed by atoms with Gasteiger partial charge in [-0.2, -0.15) is 0 Å². The van der Waals surface area contributed by atoms with Crippen molar-refractivity contribution in [2.24, 2.45) is 5.92 Å². The maximum Gasteiger partial charge on any atom is 0.226 e. The molecule has 1 fully saturated rings. The second kappa shape index (κ2) is 10.8. The van der Waals surface area contributed by atoms with E-state index >= 15 is 0 Å². The van der Waals surface area contributed by atoms with Gasteiger partial charge >= 0.3 is 0 Å². The van der Waals surface area contributed by atoms with Gasteiger partial charge in [-0.1, -0.05) is 19.9 Å². The number of nitrogens with one attached hydrogen (secondary N) is 2. The van der Waals surface area contributed by atoms with Crippen LogP contribution in [0, 0.1) is 26.7 Å². The molecule has 1 aromatic carbocycles. The van der Waals surface area contributed by atoms with Gasteiger partial charge in [-0.3, -0.25) is 9.78 Å². The van der Waals surface area contributed by atoms with Gasteiger partial charge in [-0.15, -0.1) is 0 Å². The quantitative estimate of drug-likeness (QED) is 0.409. The van der Waals surface area contributed by atoms with E-state index in [0.29, 0.717) is 11.7 Å². The van der Waals surface area contributed by atoms with Gasteiger partial charge in [0.05, 0.1) is 24.4 Å². The Morgan fingerprint density at radius 3 is 2.61 bits per heavy atom. The van der Waals surface area contributed by atoms with Crippen molar-refractivity contribution in [3.05, 3.63) is 76.9 Å². The zero-order chi connectivity index (χ0) is 26.0. The number of amides is 1. The summed E-state index contributed by atoms with van der Waals surface area (Å²) in [4.78, 5) is 19.1. The Morgan fingerprint density at radius 2 is 1.97 bits per heavy atom. The fraction of sp³-hybridized carbons (Fsp3) is 0.393. The largest absolute Gasteiger partial charge is 0.383 e. The summed E-state index contributed by atoms with van der Waals surface area (Å²) < 4.78 is 7.65. The van der Waals surface area contributed by atoms with Gasteiger partial charge in [-0.05, 0) is 80.5 Å². The standard InChI is InChI=1S/C28H35N5O2S/c1-17(2)27(34)30-23-11-10-21(15-18(23)3)33-26(22-16-19(4)32(20(22)5)13-14-35-6)25(31-28(33)36)24-9-7-8-12-29-24/h7-12,15-17,25-26H,13-14H2,1-6H3,(H,30,34)(H,31,36)/t25-,26+/m0/s1. The van der Waals surface area contributed by atoms with Gasteiger partial charge < -0.3 is 24.8 Å². The van der Waals surface area contributed by atoms with Crippen molar-refractivity contribution in [3.63, 3.8) is 0 Å². The second-order valence-corrected chi connectivity index (χ2v) is 10.00. The molecule has 0 radical (unpaired) electrons. The third-order valence-electron chi connectivity index (χ3n) is 6.82. The molecule has 0 unspecified atom stereocenters. The van der Waals surface area contributed by atoms with E-state index in [2.05, 4.69) is 51.1 Å². The number of ether oxygens (including phenoxy) is 1. The van der Waals surface area contributed by atoms with Crippen LogP contribution in [-0.2, 0) is 16.1 Å². The van der Waals surface area contributed by atoms with E-state index in [1.54, 1.807) is 7.11 Å². The first kappa shape index (κ1) is 25.9. The molecule has 8 heteroatoms. The molecule has 36 heavy (non-hydrogen) atoms. The van der Waals surface area contributed by atoms with Crippen LogP contribution in [0.1, 0.15) is 54.1 Å². The number of benzene rings is 1. The molecule has 7 nitrogen and oxygen atoms in total. The average Bonchev–Trinajstić information content (AvgIpc) is 3.34. The van der Waals surface area contributed by atoms with Gasteiger partial charge in [0.1, 0.15) is 0 Å². The smallest absolute Gasteiger partial charge is 0.226 e. The van der Waals surface area contributed by atoms with Crippen LogP contribution in [0.2, 0.25) is 0 Å². The van der Waals surface area contributed by atoms with Crippen molar-refractivity contribution in [1.29, 1.82) is 0 Å². The Hall–Kier alpha value is -3.23. The normalized spacial score (nSPS) is 17.5. The fourth-order valence-electron chi connectivity index (χ4n) is 4.82. The van der Waals surface area contributed by atoms with Crippen molar-refractivity contribution < 1.29 is 9.53 Å². The van der Waals surface area contributed by atoms with Gasteiger partial charge in [-0.25, -0.2) is 0 Å². The number of rotatable bonds is 8. The summed E-state index contributed by atoms with van der Waals surface area (Å²) in [5.74, 6) is -0.0860. The number of hydrogen-bond donors (Lipinski definition) is 2. The average molecular weight is 506 g/mol. The summed E-state index contributed by atoms with van der Waals surface area (Å²) in [5, 5.41) is 7.21. The van der Waals surface area contributed by atoms with E-state index in [4.69, 9.17) is 17.0 Å². The van der Waals surface area contributed by atoms with E-state index in [0.717, 1.165) is 29.2 Å². The molecule has 2 aromatic heterocycles. The fourth-order valence-corrected chi connectivity index (χ4v) is 5.16. The molecule has 1 amide bonds. The number of methoxy groups -OCH3 is 1. The predicted molar refractivity (Wildman–Crippen MR) is 148 cm³/mol. The Kier molecular flexibility index (Phi) is 7.76. The maximum atomic E-state index is 12.3. The van der Waals surface area contributed by atoms with E-state index < -0.39 is 0 Å². The first-order valence-electron chi connectivity index (χ1n) is 12.3. The number of carbonyl (C=O) groups is 1. The summed E-state index contributed by atoms with van der Waals surface area (Å²) in [7, 11) is 1.73. The van der Waals surface area contributed by atoms with E-state index in [1.165, 1.54) is 17.0 Å². The highest BCUT2D eigenvalue weighted by atomic mass is 32.1. The number of aromatic nitrogens is 2. The van der Waals surface area contributed by atoms with Crippen LogP contribution >= 0.6 is 12.2 Å². The summed E-state index contributed by atoms with van der Waals surface area (Å²) in [6.45, 7) is 11.5. The highest BCUT2D eigenvalue weighted by Gasteiger charge is 2.42. The van der Waals surface area contributed by atoms with Crippen molar-refractivity contribution in [3.8, 4) is 0 Å². The van der Waals surface area contributed by atoms with Crippen molar-refractivity contribution in [1.82, 2.24) is 14.9 Å². The molecule has 3 aromatic rings. The first-order chi connectivity index (χ1) is 17.2. The Balaban J connectivity index is 1.78. The lowest BCUT2D eigenvalue weighted by molar-refractivity contribution is -0.118. The Labute approximate surface area is 218 Å². The van der Waals surface area contributed by atoms with E-state index in [1.807, 2.05) is 57.3 Å². The molecule has 190 valence electrons. The highest BCUT2D eigenvalue weighted by Crippen LogP contribution is 2.43. The summed E-state index contributed by atoms with van der Waals surface area (Å²) in [5.41, 5.74) is 7.26. The molecule has 2 N–H and O–H groups in total. The van der Waals surface area contributed by atoms with Crippen LogP contribution in [0.5, 0.6) is 0 Å². The highest BCUT2D eigenvalue weighted by molar-refractivity contribution is 7.80. The van der Waals surface area contributed by atoms with E-state index in [-0.39, 0.29) is 23.9 Å². The monoisotopic (exact) mass is 505 g/mol. The molecular weight excluding hydrogens is 470 g/mol. The van der Waals surface area contributed by atoms with Crippen molar-refractivity contribution in [2.45, 2.75) is 53.2 Å². The van der Waals surface area contributed by atoms with Crippen LogP contribution in [-0.4, -0.2) is 34.3 Å². The number of hydrogen-bond acceptors (Lipinski definition) is 4. The molecule has 0 bridgehead atoms. The topological polar surface area (TPSA) is 71.4 Å². The molecule has 1 saturated heterocycles. The zero-order valence-corrected chi connectivity index (χ0v) is 22.6. The van der Waals surface area contributed by atoms with Crippen LogP contribution in [0.15, 0.2) is 48.7 Å². The number of aryl methyl sites for hydroxylation is 2. The van der Waals surface area contributed by atoms with Crippen molar-refractivity contribution in [2.75, 3.05) is 23.9 Å². The lowest BCUT2D eigenvalue weighted by Gasteiger charge is -2.29. The number of pyridine rings is 1. The summed E-state index contributed by atoms with van der Waals surface area (Å²) >= 11 is 5.90. The minimum atomic E-state index is -0.115. The summed E-state index contributed by atoms with van der Waals surface area (Å²) in [6, 6.07) is 14.1. The molecule has 0 spiro atoms. The lowest BCUT2D eigenvalue weighted by Crippen LogP contribution is -2.29. The minimum absolute atomic E-state index is 0.000742. The molecule has 0 saturated carbocycles. The van der Waals surface area contributed by atoms with Crippen LogP contribution in [0.4, 0.5) is 11.4 Å². The third kappa shape index (κ3) is 5.01. The molecule has 4 rings (SSSR count). The minimum Gasteiger partial charge on any atom is -0.383 e. The first-order valence-corrected chi connectivity index (χ1v) is 12.7. The van der Waals surface area contributed by atoms with Crippen LogP contribution < -0.4 is 15.5 Å². The van der Waals surface area contributed by atoms with Crippen LogP contribution in [0.3, 0.4) is 0 Å². The predicted octanol–water partition coefficient (Wildman–Crippen LogP) is 5.23. The van der Waals surface area contributed by atoms with Crippen molar-refractivity contribution >= 4 is 34.6 Å². The van der Waals surface area contributed by atoms with Gasteiger partial charge in [0.2, 0.25) is 5.91 Å². The molecule has 2 atom stereocenters. The SMILES string of the molecule is COCCn1c(C)cc([C@@H]2[C@H](c3ccccn3)NC(=S)N2c2ccc(NC(=O)C(C)C)c(C)c2)c1C. The Morgan fingerprint density at radius 1 is 1.19 bits per heavy atom. The van der Waals surface area contributed by atoms with Crippen LogP contribution in [0.25, 0.3) is 0 Å². The van der Waals surface area contributed by atoms with Gasteiger partial charge in [0.25, 0.3) is 0 Å². The third-order valence-corrected chi connectivity index (χ3v) is 7.13.